The predicted molar refractivity (Wildman–Crippen MR) is 87.3 cm³/mol. The first-order chi connectivity index (χ1) is 10.5. The van der Waals surface area contributed by atoms with E-state index in [0.717, 1.165) is 16.1 Å². The van der Waals surface area contributed by atoms with Gasteiger partial charge in [0, 0.05) is 16.6 Å². The second kappa shape index (κ2) is 7.15. The highest BCUT2D eigenvalue weighted by molar-refractivity contribution is 9.10. The zero-order valence-electron chi connectivity index (χ0n) is 11.0. The molecule has 6 nitrogen and oxygen atoms in total. The van der Waals surface area contributed by atoms with Crippen molar-refractivity contribution in [2.75, 3.05) is 0 Å². The number of nitro groups is 1. The van der Waals surface area contributed by atoms with E-state index in [0.29, 0.717) is 0 Å². The first-order valence-corrected chi connectivity index (χ1v) is 7.17. The van der Waals surface area contributed by atoms with E-state index >= 15 is 0 Å². The molecule has 2 aromatic carbocycles. The minimum absolute atomic E-state index is 0.00986. The van der Waals surface area contributed by atoms with Gasteiger partial charge in [-0.1, -0.05) is 39.7 Å². The van der Waals surface area contributed by atoms with Gasteiger partial charge >= 0.3 is 0 Å². The molecule has 0 radical (unpaired) electrons. The van der Waals surface area contributed by atoms with Crippen LogP contribution < -0.4 is 5.43 Å². The van der Waals surface area contributed by atoms with Crippen molar-refractivity contribution in [1.82, 2.24) is 5.43 Å². The van der Waals surface area contributed by atoms with Crippen molar-refractivity contribution in [3.8, 4) is 0 Å². The van der Waals surface area contributed by atoms with Crippen LogP contribution in [0.5, 0.6) is 0 Å². The molecule has 2 aromatic rings. The van der Waals surface area contributed by atoms with Crippen LogP contribution in [0.4, 0.5) is 5.69 Å². The molecule has 0 saturated heterocycles. The highest BCUT2D eigenvalue weighted by atomic mass is 79.9. The van der Waals surface area contributed by atoms with Crippen molar-refractivity contribution in [1.29, 1.82) is 0 Å². The molecule has 0 aliphatic heterocycles. The fraction of sp³-hybridized carbons (Fsp3) is 0. The quantitative estimate of drug-likeness (QED) is 0.496. The molecule has 0 aliphatic carbocycles. The maximum Gasteiger partial charge on any atom is 0.272 e. The summed E-state index contributed by atoms with van der Waals surface area (Å²) in [5, 5.41) is 14.4. The Hall–Kier alpha value is -2.25. The van der Waals surface area contributed by atoms with Crippen LogP contribution in [0.2, 0.25) is 5.02 Å². The van der Waals surface area contributed by atoms with Crippen molar-refractivity contribution in [2.45, 2.75) is 0 Å². The number of nitro benzene ring substituents is 1. The van der Waals surface area contributed by atoms with Gasteiger partial charge in [0.25, 0.3) is 11.6 Å². The molecule has 0 saturated carbocycles. The average molecular weight is 383 g/mol. The van der Waals surface area contributed by atoms with Gasteiger partial charge in [-0.15, -0.1) is 0 Å². The SMILES string of the molecule is O=C(N/N=C\c1cccc(Br)c1)c1ccc([N+](=O)[O-])cc1Cl. The first kappa shape index (κ1) is 16.1. The summed E-state index contributed by atoms with van der Waals surface area (Å²) in [5.74, 6) is -0.550. The molecule has 0 aromatic heterocycles. The normalized spacial score (nSPS) is 10.6. The number of hydrogen-bond acceptors (Lipinski definition) is 4. The molecule has 1 N–H and O–H groups in total. The summed E-state index contributed by atoms with van der Waals surface area (Å²) < 4.78 is 0.890. The van der Waals surface area contributed by atoms with Crippen LogP contribution in [0, 0.1) is 10.1 Å². The molecule has 0 heterocycles. The molecule has 22 heavy (non-hydrogen) atoms. The van der Waals surface area contributed by atoms with E-state index in [1.165, 1.54) is 18.3 Å². The lowest BCUT2D eigenvalue weighted by atomic mass is 10.2. The fourth-order valence-corrected chi connectivity index (χ4v) is 2.29. The number of benzene rings is 2. The monoisotopic (exact) mass is 381 g/mol. The van der Waals surface area contributed by atoms with Gasteiger partial charge in [0.2, 0.25) is 0 Å². The zero-order valence-corrected chi connectivity index (χ0v) is 13.3. The minimum Gasteiger partial charge on any atom is -0.267 e. The van der Waals surface area contributed by atoms with E-state index < -0.39 is 10.8 Å². The molecule has 2 rings (SSSR count). The van der Waals surface area contributed by atoms with Gasteiger partial charge < -0.3 is 0 Å². The molecule has 0 spiro atoms. The van der Waals surface area contributed by atoms with Crippen molar-refractivity contribution >= 4 is 45.3 Å². The van der Waals surface area contributed by atoms with Gasteiger partial charge in [-0.2, -0.15) is 5.10 Å². The van der Waals surface area contributed by atoms with Gasteiger partial charge in [-0.3, -0.25) is 14.9 Å². The Labute approximate surface area is 139 Å². The number of nitrogens with zero attached hydrogens (tertiary/aromatic N) is 2. The van der Waals surface area contributed by atoms with E-state index in [9.17, 15) is 14.9 Å². The number of amides is 1. The Morgan fingerprint density at radius 3 is 2.73 bits per heavy atom. The number of carbonyl (C=O) groups is 1. The highest BCUT2D eigenvalue weighted by Crippen LogP contribution is 2.22. The number of carbonyl (C=O) groups excluding carboxylic acids is 1. The smallest absolute Gasteiger partial charge is 0.267 e. The number of halogens is 2. The van der Waals surface area contributed by atoms with Crippen LogP contribution in [0.3, 0.4) is 0 Å². The summed E-state index contributed by atoms with van der Waals surface area (Å²) in [6.07, 6.45) is 1.47. The van der Waals surface area contributed by atoms with E-state index in [-0.39, 0.29) is 16.3 Å². The third-order valence-corrected chi connectivity index (χ3v) is 3.44. The highest BCUT2D eigenvalue weighted by Gasteiger charge is 2.14. The summed E-state index contributed by atoms with van der Waals surface area (Å²) in [6, 6.07) is 11.0. The summed E-state index contributed by atoms with van der Waals surface area (Å²) in [6.45, 7) is 0. The largest absolute Gasteiger partial charge is 0.272 e. The Morgan fingerprint density at radius 2 is 2.09 bits per heavy atom. The van der Waals surface area contributed by atoms with Crippen molar-refractivity contribution < 1.29 is 9.72 Å². The van der Waals surface area contributed by atoms with Crippen molar-refractivity contribution in [3.63, 3.8) is 0 Å². The third kappa shape index (κ3) is 4.12. The number of hydrazone groups is 1. The standard InChI is InChI=1S/C14H9BrClN3O3/c15-10-3-1-2-9(6-10)8-17-18-14(20)12-5-4-11(19(21)22)7-13(12)16/h1-8H,(H,18,20)/b17-8-. The van der Waals surface area contributed by atoms with Crippen LogP contribution in [0.25, 0.3) is 0 Å². The van der Waals surface area contributed by atoms with Crippen LogP contribution in [-0.2, 0) is 0 Å². The molecule has 8 heteroatoms. The van der Waals surface area contributed by atoms with E-state index in [1.54, 1.807) is 0 Å². The lowest BCUT2D eigenvalue weighted by Crippen LogP contribution is -2.18. The molecule has 112 valence electrons. The lowest BCUT2D eigenvalue weighted by molar-refractivity contribution is -0.384. The maximum atomic E-state index is 11.9. The Kier molecular flexibility index (Phi) is 5.24. The fourth-order valence-electron chi connectivity index (χ4n) is 1.61. The van der Waals surface area contributed by atoms with Gasteiger partial charge in [0.15, 0.2) is 0 Å². The topological polar surface area (TPSA) is 84.6 Å². The second-order valence-electron chi connectivity index (χ2n) is 4.18. The summed E-state index contributed by atoms with van der Waals surface area (Å²) in [7, 11) is 0. The average Bonchev–Trinajstić information content (AvgIpc) is 2.47. The Bertz CT molecular complexity index is 765. The molecule has 0 bridgehead atoms. The van der Waals surface area contributed by atoms with Gasteiger partial charge in [-0.05, 0) is 23.8 Å². The maximum absolute atomic E-state index is 11.9. The summed E-state index contributed by atoms with van der Waals surface area (Å²) in [4.78, 5) is 21.9. The van der Waals surface area contributed by atoms with Crippen LogP contribution in [-0.4, -0.2) is 17.0 Å². The molecular formula is C14H9BrClN3O3. The van der Waals surface area contributed by atoms with E-state index in [1.807, 2.05) is 24.3 Å². The van der Waals surface area contributed by atoms with Crippen LogP contribution in [0.1, 0.15) is 15.9 Å². The first-order valence-electron chi connectivity index (χ1n) is 6.00. The summed E-state index contributed by atoms with van der Waals surface area (Å²) >= 11 is 9.19. The molecule has 0 fully saturated rings. The summed E-state index contributed by atoms with van der Waals surface area (Å²) in [5.41, 5.74) is 3.04. The Balaban J connectivity index is 2.08. The van der Waals surface area contributed by atoms with Gasteiger partial charge in [0.05, 0.1) is 21.7 Å². The predicted octanol–water partition coefficient (Wildman–Crippen LogP) is 3.77. The molecular weight excluding hydrogens is 374 g/mol. The number of rotatable bonds is 4. The Morgan fingerprint density at radius 1 is 1.32 bits per heavy atom. The van der Waals surface area contributed by atoms with Crippen LogP contribution >= 0.6 is 27.5 Å². The van der Waals surface area contributed by atoms with Gasteiger partial charge in [0.1, 0.15) is 0 Å². The third-order valence-electron chi connectivity index (χ3n) is 2.64. The van der Waals surface area contributed by atoms with E-state index in [4.69, 9.17) is 11.6 Å². The van der Waals surface area contributed by atoms with Crippen LogP contribution in [0.15, 0.2) is 52.0 Å². The minimum atomic E-state index is -0.584. The molecule has 0 unspecified atom stereocenters. The molecule has 1 amide bonds. The van der Waals surface area contributed by atoms with Crippen molar-refractivity contribution in [3.05, 3.63) is 73.2 Å². The number of non-ortho nitro benzene ring substituents is 1. The molecule has 0 aliphatic rings. The van der Waals surface area contributed by atoms with Crippen molar-refractivity contribution in [2.24, 2.45) is 5.10 Å². The zero-order chi connectivity index (χ0) is 16.1. The number of nitrogens with one attached hydrogen (secondary N) is 1. The molecule has 0 atom stereocenters. The second-order valence-corrected chi connectivity index (χ2v) is 5.50. The lowest BCUT2D eigenvalue weighted by Gasteiger charge is -2.02. The van der Waals surface area contributed by atoms with E-state index in [2.05, 4.69) is 26.5 Å². The number of hydrogen-bond donors (Lipinski definition) is 1. The van der Waals surface area contributed by atoms with Gasteiger partial charge in [-0.25, -0.2) is 5.43 Å².